The van der Waals surface area contributed by atoms with E-state index in [0.29, 0.717) is 16.5 Å². The lowest BCUT2D eigenvalue weighted by Gasteiger charge is -2.03. The highest BCUT2D eigenvalue weighted by Crippen LogP contribution is 2.27. The Bertz CT molecular complexity index is 567. The summed E-state index contributed by atoms with van der Waals surface area (Å²) in [5.74, 6) is 0. The van der Waals surface area contributed by atoms with Crippen LogP contribution in [0.25, 0.3) is 0 Å². The lowest BCUT2D eigenvalue weighted by molar-refractivity contribution is 0.905. The van der Waals surface area contributed by atoms with Crippen molar-refractivity contribution in [3.05, 3.63) is 40.6 Å². The van der Waals surface area contributed by atoms with E-state index in [0.717, 1.165) is 4.90 Å². The van der Waals surface area contributed by atoms with E-state index in [1.165, 1.54) is 17.8 Å². The molecule has 2 heterocycles. The fourth-order valence-electron chi connectivity index (χ4n) is 1.19. The Kier molecular flexibility index (Phi) is 2.91. The predicted octanol–water partition coefficient (Wildman–Crippen LogP) is 1.21. The molecule has 2 aromatic heterocycles. The highest BCUT2D eigenvalue weighted by Gasteiger charge is 2.04. The van der Waals surface area contributed by atoms with Crippen LogP contribution < -0.4 is 11.3 Å². The molecule has 0 bridgehead atoms. The van der Waals surface area contributed by atoms with Gasteiger partial charge in [-0.05, 0) is 24.8 Å². The van der Waals surface area contributed by atoms with Crippen molar-refractivity contribution in [2.45, 2.75) is 17.0 Å². The van der Waals surface area contributed by atoms with Gasteiger partial charge in [0.1, 0.15) is 0 Å². The molecular formula is C10H10N4OS. The van der Waals surface area contributed by atoms with Crippen LogP contribution in [0.2, 0.25) is 0 Å². The predicted molar refractivity (Wildman–Crippen MR) is 62.4 cm³/mol. The Morgan fingerprint density at radius 1 is 1.50 bits per heavy atom. The van der Waals surface area contributed by atoms with E-state index in [4.69, 9.17) is 5.73 Å². The second-order valence-electron chi connectivity index (χ2n) is 3.21. The first-order valence-electron chi connectivity index (χ1n) is 4.60. The molecule has 0 aliphatic carbocycles. The zero-order valence-corrected chi connectivity index (χ0v) is 9.41. The van der Waals surface area contributed by atoms with Gasteiger partial charge in [-0.15, -0.1) is 0 Å². The molecule has 6 heteroatoms. The third-order valence-corrected chi connectivity index (χ3v) is 2.84. The summed E-state index contributed by atoms with van der Waals surface area (Å²) in [5.41, 5.74) is 6.82. The maximum atomic E-state index is 11.2. The molecule has 16 heavy (non-hydrogen) atoms. The zero-order valence-electron chi connectivity index (χ0n) is 8.60. The van der Waals surface area contributed by atoms with Crippen LogP contribution in [-0.2, 0) is 0 Å². The third-order valence-electron chi connectivity index (χ3n) is 1.86. The number of anilines is 1. The van der Waals surface area contributed by atoms with E-state index in [1.807, 2.05) is 0 Å². The van der Waals surface area contributed by atoms with Gasteiger partial charge in [0.15, 0.2) is 5.16 Å². The van der Waals surface area contributed by atoms with Crippen molar-refractivity contribution in [2.75, 3.05) is 5.73 Å². The van der Waals surface area contributed by atoms with Gasteiger partial charge in [0.25, 0.3) is 5.56 Å². The fraction of sp³-hybridized carbons (Fsp3) is 0.100. The number of nitrogens with one attached hydrogen (secondary N) is 1. The van der Waals surface area contributed by atoms with Gasteiger partial charge in [-0.3, -0.25) is 9.78 Å². The molecule has 0 radical (unpaired) electrons. The summed E-state index contributed by atoms with van der Waals surface area (Å²) < 4.78 is 0. The molecule has 0 atom stereocenters. The average molecular weight is 234 g/mol. The van der Waals surface area contributed by atoms with E-state index >= 15 is 0 Å². The molecule has 82 valence electrons. The van der Waals surface area contributed by atoms with Crippen LogP contribution in [0.5, 0.6) is 0 Å². The molecular weight excluding hydrogens is 224 g/mol. The number of aromatic amines is 1. The molecule has 0 unspecified atom stereocenters. The molecule has 2 rings (SSSR count). The van der Waals surface area contributed by atoms with Crippen LogP contribution in [0.15, 0.2) is 39.4 Å². The minimum absolute atomic E-state index is 0.164. The summed E-state index contributed by atoms with van der Waals surface area (Å²) in [5, 5.41) is 0.530. The number of aryl methyl sites for hydroxylation is 1. The van der Waals surface area contributed by atoms with Crippen molar-refractivity contribution in [1.29, 1.82) is 0 Å². The van der Waals surface area contributed by atoms with Gasteiger partial charge < -0.3 is 10.7 Å². The molecule has 0 fully saturated rings. The zero-order chi connectivity index (χ0) is 11.5. The average Bonchev–Trinajstić information content (AvgIpc) is 2.20. The van der Waals surface area contributed by atoms with Crippen LogP contribution in [0.1, 0.15) is 5.69 Å². The van der Waals surface area contributed by atoms with E-state index in [2.05, 4.69) is 15.0 Å². The Morgan fingerprint density at radius 2 is 2.31 bits per heavy atom. The van der Waals surface area contributed by atoms with Crippen molar-refractivity contribution in [1.82, 2.24) is 15.0 Å². The summed E-state index contributed by atoms with van der Waals surface area (Å²) in [6.45, 7) is 1.77. The van der Waals surface area contributed by atoms with Crippen LogP contribution in [-0.4, -0.2) is 15.0 Å². The van der Waals surface area contributed by atoms with Gasteiger partial charge in [0.05, 0.1) is 11.9 Å². The van der Waals surface area contributed by atoms with Gasteiger partial charge in [-0.1, -0.05) is 0 Å². The Balaban J connectivity index is 2.34. The smallest absolute Gasteiger partial charge is 0.251 e. The van der Waals surface area contributed by atoms with Crippen LogP contribution in [0.4, 0.5) is 5.69 Å². The first-order chi connectivity index (χ1) is 7.65. The summed E-state index contributed by atoms with van der Waals surface area (Å²) in [4.78, 5) is 22.8. The number of nitrogen functional groups attached to an aromatic ring is 1. The monoisotopic (exact) mass is 234 g/mol. The van der Waals surface area contributed by atoms with Gasteiger partial charge in [0, 0.05) is 22.9 Å². The first-order valence-corrected chi connectivity index (χ1v) is 5.42. The van der Waals surface area contributed by atoms with E-state index in [9.17, 15) is 4.79 Å². The summed E-state index contributed by atoms with van der Waals surface area (Å²) in [7, 11) is 0. The lowest BCUT2D eigenvalue weighted by Crippen LogP contribution is -2.08. The van der Waals surface area contributed by atoms with E-state index < -0.39 is 0 Å². The quantitative estimate of drug-likeness (QED) is 0.763. The SMILES string of the molecule is Cc1cc(=O)[nH]c(Sc2ccncc2N)n1. The standard InChI is InChI=1S/C10H10N4OS/c1-6-4-9(15)14-10(13-6)16-8-2-3-12-5-7(8)11/h2-5H,11H2,1H3,(H,13,14,15). The third kappa shape index (κ3) is 2.40. The van der Waals surface area contributed by atoms with Gasteiger partial charge in [0.2, 0.25) is 0 Å². The highest BCUT2D eigenvalue weighted by atomic mass is 32.2. The number of rotatable bonds is 2. The second kappa shape index (κ2) is 4.36. The molecule has 0 amide bonds. The fourth-order valence-corrected chi connectivity index (χ4v) is 2.04. The molecule has 5 nitrogen and oxygen atoms in total. The molecule has 0 spiro atoms. The number of pyridine rings is 1. The molecule has 0 aliphatic rings. The van der Waals surface area contributed by atoms with Crippen molar-refractivity contribution < 1.29 is 0 Å². The van der Waals surface area contributed by atoms with Crippen LogP contribution in [0.3, 0.4) is 0 Å². The number of nitrogens with two attached hydrogens (primary N) is 1. The van der Waals surface area contributed by atoms with E-state index in [-0.39, 0.29) is 5.56 Å². The Labute approximate surface area is 96.1 Å². The lowest BCUT2D eigenvalue weighted by atomic mass is 10.4. The maximum Gasteiger partial charge on any atom is 0.251 e. The van der Waals surface area contributed by atoms with Crippen molar-refractivity contribution >= 4 is 17.4 Å². The number of hydrogen-bond donors (Lipinski definition) is 2. The summed E-state index contributed by atoms with van der Waals surface area (Å²) in [6.07, 6.45) is 3.21. The van der Waals surface area contributed by atoms with Crippen molar-refractivity contribution in [3.8, 4) is 0 Å². The van der Waals surface area contributed by atoms with Gasteiger partial charge in [-0.2, -0.15) is 0 Å². The van der Waals surface area contributed by atoms with Crippen molar-refractivity contribution in [3.63, 3.8) is 0 Å². The topological polar surface area (TPSA) is 84.7 Å². The molecule has 2 aromatic rings. The summed E-state index contributed by atoms with van der Waals surface area (Å²) >= 11 is 1.31. The normalized spacial score (nSPS) is 10.3. The number of H-pyrrole nitrogens is 1. The molecule has 0 aliphatic heterocycles. The van der Waals surface area contributed by atoms with Gasteiger partial charge >= 0.3 is 0 Å². The minimum Gasteiger partial charge on any atom is -0.397 e. The Morgan fingerprint density at radius 3 is 3.00 bits per heavy atom. The van der Waals surface area contributed by atoms with Crippen LogP contribution >= 0.6 is 11.8 Å². The van der Waals surface area contributed by atoms with Crippen molar-refractivity contribution in [2.24, 2.45) is 0 Å². The number of nitrogens with zero attached hydrogens (tertiary/aromatic N) is 2. The van der Waals surface area contributed by atoms with Gasteiger partial charge in [-0.25, -0.2) is 4.98 Å². The molecule has 3 N–H and O–H groups in total. The minimum atomic E-state index is -0.164. The molecule has 0 aromatic carbocycles. The Hall–Kier alpha value is -1.82. The first kappa shape index (κ1) is 10.7. The largest absolute Gasteiger partial charge is 0.397 e. The maximum absolute atomic E-state index is 11.2. The summed E-state index contributed by atoms with van der Waals surface area (Å²) in [6, 6.07) is 3.22. The molecule has 0 saturated heterocycles. The van der Waals surface area contributed by atoms with Crippen LogP contribution in [0, 0.1) is 6.92 Å². The number of aromatic nitrogens is 3. The molecule has 0 saturated carbocycles. The van der Waals surface area contributed by atoms with E-state index in [1.54, 1.807) is 25.4 Å². The number of hydrogen-bond acceptors (Lipinski definition) is 5. The second-order valence-corrected chi connectivity index (χ2v) is 4.24. The highest BCUT2D eigenvalue weighted by molar-refractivity contribution is 7.99.